The van der Waals surface area contributed by atoms with Gasteiger partial charge in [-0.2, -0.15) is 0 Å². The highest BCUT2D eigenvalue weighted by Crippen LogP contribution is 2.33. The van der Waals surface area contributed by atoms with Crippen LogP contribution in [0.25, 0.3) is 0 Å². The van der Waals surface area contributed by atoms with Crippen LogP contribution >= 0.6 is 11.3 Å². The first-order valence-corrected chi connectivity index (χ1v) is 7.93. The summed E-state index contributed by atoms with van der Waals surface area (Å²) in [7, 11) is 0. The lowest BCUT2D eigenvalue weighted by molar-refractivity contribution is 0.0904. The lowest BCUT2D eigenvalue weighted by Crippen LogP contribution is -2.24. The molecule has 3 nitrogen and oxygen atoms in total. The fourth-order valence-electron chi connectivity index (χ4n) is 2.72. The van der Waals surface area contributed by atoms with Gasteiger partial charge in [0.25, 0.3) is 0 Å². The average molecular weight is 288 g/mol. The van der Waals surface area contributed by atoms with Crippen molar-refractivity contribution in [2.24, 2.45) is 5.92 Å². The molecule has 0 aliphatic carbocycles. The summed E-state index contributed by atoms with van der Waals surface area (Å²) < 4.78 is 5.91. The third kappa shape index (κ3) is 3.26. The minimum Gasteiger partial charge on any atom is -0.373 e. The molecule has 0 saturated carbocycles. The van der Waals surface area contributed by atoms with Gasteiger partial charge in [-0.3, -0.25) is 0 Å². The molecule has 106 valence electrons. The van der Waals surface area contributed by atoms with Crippen LogP contribution in [0.4, 0.5) is 0 Å². The lowest BCUT2D eigenvalue weighted by Gasteiger charge is -2.19. The van der Waals surface area contributed by atoms with E-state index < -0.39 is 0 Å². The molecule has 1 aliphatic heterocycles. The quantitative estimate of drug-likeness (QED) is 0.916. The Hall–Kier alpha value is -1.23. The van der Waals surface area contributed by atoms with Crippen molar-refractivity contribution in [2.45, 2.75) is 26.0 Å². The number of rotatable bonds is 5. The van der Waals surface area contributed by atoms with Crippen LogP contribution < -0.4 is 5.32 Å². The standard InChI is InChI=1S/C16H20N2OS/c1-12-18-11-15(20-12)10-17-9-14-7-8-19-16(14)13-5-3-2-4-6-13/h2-6,11,14,16-17H,7-10H2,1H3/t14-,16-/m1/s1. The Balaban J connectivity index is 1.54. The van der Waals surface area contributed by atoms with E-state index in [4.69, 9.17) is 4.74 Å². The Morgan fingerprint density at radius 2 is 2.20 bits per heavy atom. The van der Waals surface area contributed by atoms with Crippen LogP contribution in [-0.2, 0) is 11.3 Å². The molecule has 0 unspecified atom stereocenters. The fourth-order valence-corrected chi connectivity index (χ4v) is 3.49. The number of benzene rings is 1. The Labute approximate surface area is 124 Å². The van der Waals surface area contributed by atoms with Gasteiger partial charge in [-0.25, -0.2) is 4.98 Å². The third-order valence-corrected chi connectivity index (χ3v) is 4.63. The van der Waals surface area contributed by atoms with E-state index in [-0.39, 0.29) is 6.10 Å². The molecular formula is C16H20N2OS. The van der Waals surface area contributed by atoms with Gasteiger partial charge in [-0.05, 0) is 18.9 Å². The van der Waals surface area contributed by atoms with Crippen molar-refractivity contribution in [3.8, 4) is 0 Å². The van der Waals surface area contributed by atoms with Crippen LogP contribution in [0, 0.1) is 12.8 Å². The van der Waals surface area contributed by atoms with Gasteiger partial charge in [-0.1, -0.05) is 30.3 Å². The molecule has 0 amide bonds. The topological polar surface area (TPSA) is 34.2 Å². The predicted molar refractivity (Wildman–Crippen MR) is 81.8 cm³/mol. The summed E-state index contributed by atoms with van der Waals surface area (Å²) in [6, 6.07) is 10.5. The van der Waals surface area contributed by atoms with Crippen molar-refractivity contribution in [1.82, 2.24) is 10.3 Å². The molecule has 2 atom stereocenters. The van der Waals surface area contributed by atoms with Crippen molar-refractivity contribution in [1.29, 1.82) is 0 Å². The zero-order valence-corrected chi connectivity index (χ0v) is 12.5. The maximum Gasteiger partial charge on any atom is 0.0897 e. The minimum absolute atomic E-state index is 0.242. The second kappa shape index (κ2) is 6.48. The maximum absolute atomic E-state index is 5.91. The molecule has 4 heteroatoms. The summed E-state index contributed by atoms with van der Waals surface area (Å²) in [5, 5.41) is 4.68. The average Bonchev–Trinajstić information content (AvgIpc) is 3.09. The Morgan fingerprint density at radius 3 is 2.95 bits per heavy atom. The molecule has 3 rings (SSSR count). The van der Waals surface area contributed by atoms with Gasteiger partial charge in [0.2, 0.25) is 0 Å². The highest BCUT2D eigenvalue weighted by atomic mass is 32.1. The molecule has 1 aromatic heterocycles. The predicted octanol–water partition coefficient (Wildman–Crippen LogP) is 3.32. The Morgan fingerprint density at radius 1 is 1.35 bits per heavy atom. The zero-order chi connectivity index (χ0) is 13.8. The van der Waals surface area contributed by atoms with E-state index in [0.717, 1.165) is 31.1 Å². The summed E-state index contributed by atoms with van der Waals surface area (Å²) in [6.45, 7) is 4.82. The first kappa shape index (κ1) is 13.7. The van der Waals surface area contributed by atoms with Gasteiger partial charge >= 0.3 is 0 Å². The number of nitrogens with zero attached hydrogens (tertiary/aromatic N) is 1. The van der Waals surface area contributed by atoms with E-state index in [0.29, 0.717) is 5.92 Å². The molecule has 2 aromatic rings. The fraction of sp³-hybridized carbons (Fsp3) is 0.438. The normalized spacial score (nSPS) is 22.2. The van der Waals surface area contributed by atoms with Gasteiger partial charge in [0.05, 0.1) is 11.1 Å². The number of nitrogens with one attached hydrogen (secondary N) is 1. The largest absolute Gasteiger partial charge is 0.373 e. The van der Waals surface area contributed by atoms with Crippen LogP contribution in [0.1, 0.15) is 28.0 Å². The molecule has 2 heterocycles. The number of aryl methyl sites for hydroxylation is 1. The van der Waals surface area contributed by atoms with E-state index in [1.54, 1.807) is 11.3 Å². The molecule has 1 N–H and O–H groups in total. The number of aromatic nitrogens is 1. The third-order valence-electron chi connectivity index (χ3n) is 3.72. The maximum atomic E-state index is 5.91. The van der Waals surface area contributed by atoms with E-state index in [1.165, 1.54) is 10.4 Å². The summed E-state index contributed by atoms with van der Waals surface area (Å²) in [6.07, 6.45) is 3.34. The van der Waals surface area contributed by atoms with Crippen molar-refractivity contribution >= 4 is 11.3 Å². The van der Waals surface area contributed by atoms with Crippen molar-refractivity contribution in [2.75, 3.05) is 13.2 Å². The number of thiazole rings is 1. The van der Waals surface area contributed by atoms with E-state index in [1.807, 2.05) is 13.1 Å². The second-order valence-electron chi connectivity index (χ2n) is 5.23. The van der Waals surface area contributed by atoms with Crippen LogP contribution in [0.5, 0.6) is 0 Å². The van der Waals surface area contributed by atoms with Gasteiger partial charge in [-0.15, -0.1) is 11.3 Å². The minimum atomic E-state index is 0.242. The van der Waals surface area contributed by atoms with Gasteiger partial charge < -0.3 is 10.1 Å². The van der Waals surface area contributed by atoms with Crippen LogP contribution in [0.3, 0.4) is 0 Å². The van der Waals surface area contributed by atoms with Gasteiger partial charge in [0.15, 0.2) is 0 Å². The summed E-state index contributed by atoms with van der Waals surface area (Å²) in [4.78, 5) is 5.59. The summed E-state index contributed by atoms with van der Waals surface area (Å²) >= 11 is 1.76. The molecule has 1 saturated heterocycles. The highest BCUT2D eigenvalue weighted by Gasteiger charge is 2.28. The van der Waals surface area contributed by atoms with Crippen LogP contribution in [0.2, 0.25) is 0 Å². The van der Waals surface area contributed by atoms with Crippen LogP contribution in [0.15, 0.2) is 36.5 Å². The first-order chi connectivity index (χ1) is 9.83. The molecule has 20 heavy (non-hydrogen) atoms. The summed E-state index contributed by atoms with van der Waals surface area (Å²) in [5.41, 5.74) is 1.30. The van der Waals surface area contributed by atoms with E-state index >= 15 is 0 Å². The van der Waals surface area contributed by atoms with Gasteiger partial charge in [0.1, 0.15) is 0 Å². The first-order valence-electron chi connectivity index (χ1n) is 7.11. The smallest absolute Gasteiger partial charge is 0.0897 e. The van der Waals surface area contributed by atoms with Crippen molar-refractivity contribution < 1.29 is 4.74 Å². The number of ether oxygens (including phenoxy) is 1. The summed E-state index contributed by atoms with van der Waals surface area (Å²) in [5.74, 6) is 0.561. The van der Waals surface area contributed by atoms with Crippen LogP contribution in [-0.4, -0.2) is 18.1 Å². The Kier molecular flexibility index (Phi) is 4.45. The molecule has 0 radical (unpaired) electrons. The molecular weight excluding hydrogens is 268 g/mol. The number of hydrogen-bond donors (Lipinski definition) is 1. The molecule has 1 fully saturated rings. The molecule has 1 aliphatic rings. The second-order valence-corrected chi connectivity index (χ2v) is 6.55. The SMILES string of the molecule is Cc1ncc(CNC[C@H]2CCO[C@@H]2c2ccccc2)s1. The number of hydrogen-bond acceptors (Lipinski definition) is 4. The van der Waals surface area contributed by atoms with E-state index in [2.05, 4.69) is 40.6 Å². The Bertz CT molecular complexity index is 540. The van der Waals surface area contributed by atoms with Crippen molar-refractivity contribution in [3.63, 3.8) is 0 Å². The van der Waals surface area contributed by atoms with Gasteiger partial charge in [0, 0.05) is 36.7 Å². The van der Waals surface area contributed by atoms with Crippen molar-refractivity contribution in [3.05, 3.63) is 52.0 Å². The molecule has 0 spiro atoms. The molecule has 0 bridgehead atoms. The zero-order valence-electron chi connectivity index (χ0n) is 11.7. The highest BCUT2D eigenvalue weighted by molar-refractivity contribution is 7.11. The monoisotopic (exact) mass is 288 g/mol. The lowest BCUT2D eigenvalue weighted by atomic mass is 9.95. The van der Waals surface area contributed by atoms with E-state index in [9.17, 15) is 0 Å². The molecule has 1 aromatic carbocycles.